The van der Waals surface area contributed by atoms with Gasteiger partial charge in [-0.1, -0.05) is 99.0 Å². The average Bonchev–Trinajstić information content (AvgIpc) is 3.89. The van der Waals surface area contributed by atoms with Gasteiger partial charge in [-0.3, -0.25) is 14.4 Å². The third-order valence-electron chi connectivity index (χ3n) is 8.85. The van der Waals surface area contributed by atoms with E-state index in [0.717, 1.165) is 53.0 Å². The SMILES string of the molecule is CCC[C@H](C(N)=O)[C@@H](CC1CC1)C(=O)NC1C(=O)N(Cc2cccc(Oc3ccccc3)c2)c2ccccc2-c2ccccc21. The molecule has 0 spiro atoms. The average molecular weight is 602 g/mol. The third kappa shape index (κ3) is 6.78. The first kappa shape index (κ1) is 30.1. The summed E-state index contributed by atoms with van der Waals surface area (Å²) in [5, 5.41) is 3.12. The third-order valence-corrected chi connectivity index (χ3v) is 8.85. The van der Waals surface area contributed by atoms with Crippen LogP contribution in [0.2, 0.25) is 0 Å². The number of nitrogens with two attached hydrogens (primary N) is 1. The first-order valence-corrected chi connectivity index (χ1v) is 15.8. The van der Waals surface area contributed by atoms with Gasteiger partial charge in [0, 0.05) is 17.4 Å². The van der Waals surface area contributed by atoms with Crippen molar-refractivity contribution in [3.63, 3.8) is 0 Å². The molecule has 1 fully saturated rings. The maximum atomic E-state index is 14.7. The van der Waals surface area contributed by atoms with Crippen LogP contribution in [0.25, 0.3) is 11.1 Å². The molecule has 1 aliphatic carbocycles. The summed E-state index contributed by atoms with van der Waals surface area (Å²) >= 11 is 0. The minimum absolute atomic E-state index is 0.244. The molecule has 1 saturated carbocycles. The molecule has 6 rings (SSSR count). The fourth-order valence-electron chi connectivity index (χ4n) is 6.42. The van der Waals surface area contributed by atoms with Crippen LogP contribution in [0.3, 0.4) is 0 Å². The number of anilines is 1. The van der Waals surface area contributed by atoms with Crippen molar-refractivity contribution < 1.29 is 19.1 Å². The Bertz CT molecular complexity index is 1680. The maximum Gasteiger partial charge on any atom is 0.254 e. The molecule has 4 aromatic carbocycles. The van der Waals surface area contributed by atoms with Crippen LogP contribution < -0.4 is 20.7 Å². The van der Waals surface area contributed by atoms with Crippen LogP contribution in [0.5, 0.6) is 11.5 Å². The van der Waals surface area contributed by atoms with E-state index in [1.165, 1.54) is 0 Å². The topological polar surface area (TPSA) is 102 Å². The van der Waals surface area contributed by atoms with Gasteiger partial charge in [0.05, 0.1) is 12.2 Å². The van der Waals surface area contributed by atoms with Crippen LogP contribution in [0.4, 0.5) is 5.69 Å². The molecule has 0 bridgehead atoms. The van der Waals surface area contributed by atoms with Gasteiger partial charge < -0.3 is 20.7 Å². The van der Waals surface area contributed by atoms with Crippen molar-refractivity contribution in [1.29, 1.82) is 0 Å². The lowest BCUT2D eigenvalue weighted by Crippen LogP contribution is -2.46. The Balaban J connectivity index is 1.35. The number of hydrogen-bond donors (Lipinski definition) is 2. The number of para-hydroxylation sites is 2. The van der Waals surface area contributed by atoms with Crippen molar-refractivity contribution >= 4 is 23.4 Å². The van der Waals surface area contributed by atoms with E-state index in [2.05, 4.69) is 5.32 Å². The second-order valence-corrected chi connectivity index (χ2v) is 12.1. The van der Waals surface area contributed by atoms with E-state index in [1.807, 2.05) is 110 Å². The van der Waals surface area contributed by atoms with E-state index in [9.17, 15) is 14.4 Å². The Morgan fingerprint density at radius 1 is 0.867 bits per heavy atom. The molecule has 230 valence electrons. The molecule has 3 amide bonds. The maximum absolute atomic E-state index is 14.7. The van der Waals surface area contributed by atoms with Gasteiger partial charge in [-0.15, -0.1) is 0 Å². The van der Waals surface area contributed by atoms with Gasteiger partial charge in [0.15, 0.2) is 0 Å². The summed E-state index contributed by atoms with van der Waals surface area (Å²) in [4.78, 5) is 43.1. The molecule has 2 aliphatic rings. The minimum atomic E-state index is -0.943. The van der Waals surface area contributed by atoms with Crippen molar-refractivity contribution in [3.8, 4) is 22.6 Å². The predicted octanol–water partition coefficient (Wildman–Crippen LogP) is 7.17. The van der Waals surface area contributed by atoms with E-state index in [1.54, 1.807) is 4.90 Å². The highest BCUT2D eigenvalue weighted by Crippen LogP contribution is 2.42. The molecule has 3 atom stereocenters. The minimum Gasteiger partial charge on any atom is -0.457 e. The normalized spacial score (nSPS) is 17.0. The highest BCUT2D eigenvalue weighted by molar-refractivity contribution is 6.06. The van der Waals surface area contributed by atoms with Crippen LogP contribution in [0.15, 0.2) is 103 Å². The number of carbonyl (C=O) groups is 3. The fourth-order valence-corrected chi connectivity index (χ4v) is 6.42. The highest BCUT2D eigenvalue weighted by Gasteiger charge is 2.40. The molecule has 0 aromatic heterocycles. The summed E-state index contributed by atoms with van der Waals surface area (Å²) in [5.41, 5.74) is 10.00. The lowest BCUT2D eigenvalue weighted by molar-refractivity contribution is -0.136. The van der Waals surface area contributed by atoms with Crippen molar-refractivity contribution in [2.45, 2.75) is 51.6 Å². The first-order valence-electron chi connectivity index (χ1n) is 15.8. The van der Waals surface area contributed by atoms with Crippen molar-refractivity contribution in [2.24, 2.45) is 23.5 Å². The van der Waals surface area contributed by atoms with E-state index in [4.69, 9.17) is 10.5 Å². The number of ether oxygens (including phenoxy) is 1. The number of fused-ring (bicyclic) bond motifs is 3. The molecule has 3 N–H and O–H groups in total. The Labute approximate surface area is 264 Å². The van der Waals surface area contributed by atoms with Gasteiger partial charge in [-0.05, 0) is 65.8 Å². The second-order valence-electron chi connectivity index (χ2n) is 12.1. The Morgan fingerprint density at radius 3 is 2.29 bits per heavy atom. The number of benzene rings is 4. The van der Waals surface area contributed by atoms with Gasteiger partial charge >= 0.3 is 0 Å². The molecule has 0 radical (unpaired) electrons. The van der Waals surface area contributed by atoms with Gasteiger partial charge in [0.2, 0.25) is 11.8 Å². The largest absolute Gasteiger partial charge is 0.457 e. The van der Waals surface area contributed by atoms with Crippen LogP contribution in [0.1, 0.15) is 56.2 Å². The summed E-state index contributed by atoms with van der Waals surface area (Å²) in [5.74, 6) is -0.364. The monoisotopic (exact) mass is 601 g/mol. The number of hydrogen-bond acceptors (Lipinski definition) is 4. The van der Waals surface area contributed by atoms with Crippen LogP contribution in [-0.2, 0) is 20.9 Å². The Kier molecular flexibility index (Phi) is 8.96. The number of primary amides is 1. The zero-order chi connectivity index (χ0) is 31.3. The zero-order valence-electron chi connectivity index (χ0n) is 25.5. The summed E-state index contributed by atoms with van der Waals surface area (Å²) in [6, 6.07) is 31.9. The molecule has 7 heteroatoms. The summed E-state index contributed by atoms with van der Waals surface area (Å²) in [7, 11) is 0. The van der Waals surface area contributed by atoms with Gasteiger partial charge in [0.25, 0.3) is 5.91 Å². The Morgan fingerprint density at radius 2 is 1.56 bits per heavy atom. The molecule has 1 aliphatic heterocycles. The quantitative estimate of drug-likeness (QED) is 0.180. The van der Waals surface area contributed by atoms with E-state index >= 15 is 0 Å². The number of nitrogens with one attached hydrogen (secondary N) is 1. The van der Waals surface area contributed by atoms with Crippen molar-refractivity contribution in [2.75, 3.05) is 4.90 Å². The molecule has 1 heterocycles. The summed E-state index contributed by atoms with van der Waals surface area (Å²) < 4.78 is 6.08. The highest BCUT2D eigenvalue weighted by atomic mass is 16.5. The van der Waals surface area contributed by atoms with E-state index in [0.29, 0.717) is 24.5 Å². The van der Waals surface area contributed by atoms with E-state index < -0.39 is 23.8 Å². The summed E-state index contributed by atoms with van der Waals surface area (Å²) in [6.07, 6.45) is 3.96. The molecule has 45 heavy (non-hydrogen) atoms. The number of carbonyl (C=O) groups excluding carboxylic acids is 3. The molecule has 1 unspecified atom stereocenters. The molecule has 7 nitrogen and oxygen atoms in total. The summed E-state index contributed by atoms with van der Waals surface area (Å²) in [6.45, 7) is 2.26. The van der Waals surface area contributed by atoms with Crippen LogP contribution >= 0.6 is 0 Å². The molecular formula is C38H39N3O4. The lowest BCUT2D eigenvalue weighted by Gasteiger charge is -2.29. The van der Waals surface area contributed by atoms with Crippen molar-refractivity contribution in [1.82, 2.24) is 5.32 Å². The standard InChI is InChI=1S/C38H39N3O4/c1-2-11-32(36(39)42)33(23-25-20-21-25)37(43)40-35-31-18-7-6-16-29(31)30-17-8-9-19-34(30)41(38(35)44)24-26-12-10-15-28(22-26)45-27-13-4-3-5-14-27/h3-10,12-19,22,25,32-33,35H,2,11,20-21,23-24H2,1H3,(H2,39,42)(H,40,43)/t32-,33+,35?/m0/s1. The Hall–Kier alpha value is -4.91. The molecule has 4 aromatic rings. The smallest absolute Gasteiger partial charge is 0.254 e. The predicted molar refractivity (Wildman–Crippen MR) is 175 cm³/mol. The molecular weight excluding hydrogens is 562 g/mol. The van der Waals surface area contributed by atoms with Crippen LogP contribution in [-0.4, -0.2) is 17.7 Å². The van der Waals surface area contributed by atoms with Gasteiger partial charge in [-0.2, -0.15) is 0 Å². The van der Waals surface area contributed by atoms with Crippen LogP contribution in [0, 0.1) is 17.8 Å². The number of rotatable bonds is 12. The fraction of sp³-hybridized carbons (Fsp3) is 0.289. The van der Waals surface area contributed by atoms with Gasteiger partial charge in [-0.25, -0.2) is 0 Å². The second kappa shape index (κ2) is 13.4. The molecule has 0 saturated heterocycles. The zero-order valence-corrected chi connectivity index (χ0v) is 25.5. The lowest BCUT2D eigenvalue weighted by atomic mass is 9.83. The number of amides is 3. The van der Waals surface area contributed by atoms with Gasteiger partial charge in [0.1, 0.15) is 17.5 Å². The van der Waals surface area contributed by atoms with E-state index in [-0.39, 0.29) is 18.4 Å². The van der Waals surface area contributed by atoms with Crippen molar-refractivity contribution in [3.05, 3.63) is 114 Å². The number of nitrogens with zero attached hydrogens (tertiary/aromatic N) is 1. The first-order chi connectivity index (χ1) is 21.9.